The van der Waals surface area contributed by atoms with E-state index in [2.05, 4.69) is 19.3 Å². The molecule has 0 amide bonds. The number of fused-ring (bicyclic) bond motifs is 1. The number of benzene rings is 1. The number of methoxy groups -OCH3 is 1. The molecule has 3 rings (SSSR count). The maximum Gasteiger partial charge on any atom is 0.586 e. The number of halogens is 2. The van der Waals surface area contributed by atoms with Crippen molar-refractivity contribution in [3.63, 3.8) is 0 Å². The first-order chi connectivity index (χ1) is 10.8. The number of hydrogen-bond acceptors (Lipinski definition) is 6. The summed E-state index contributed by atoms with van der Waals surface area (Å²) >= 11 is 0. The highest BCUT2D eigenvalue weighted by atomic mass is 19.3. The van der Waals surface area contributed by atoms with E-state index in [0.29, 0.717) is 0 Å². The maximum absolute atomic E-state index is 13.2. The fourth-order valence-corrected chi connectivity index (χ4v) is 2.10. The lowest BCUT2D eigenvalue weighted by Crippen LogP contribution is -2.26. The highest BCUT2D eigenvalue weighted by Gasteiger charge is 2.44. The van der Waals surface area contributed by atoms with Crippen molar-refractivity contribution in [1.82, 2.24) is 9.78 Å². The van der Waals surface area contributed by atoms with Crippen LogP contribution in [-0.4, -0.2) is 29.2 Å². The number of nitrogens with zero attached hydrogens (tertiary/aromatic N) is 2. The zero-order valence-electron chi connectivity index (χ0n) is 12.0. The SMILES string of the molecule is COC(=O)c1nn(-c2cccc3c2OC(F)(F)O3)cc(C)c1=O. The van der Waals surface area contributed by atoms with E-state index in [0.717, 1.165) is 11.8 Å². The number of ether oxygens (including phenoxy) is 3. The quantitative estimate of drug-likeness (QED) is 0.782. The van der Waals surface area contributed by atoms with Crippen molar-refractivity contribution in [2.75, 3.05) is 7.11 Å². The third-order valence-electron chi connectivity index (χ3n) is 3.13. The number of para-hydroxylation sites is 1. The van der Waals surface area contributed by atoms with Crippen LogP contribution < -0.4 is 14.9 Å². The van der Waals surface area contributed by atoms with E-state index in [1.54, 1.807) is 0 Å². The smallest absolute Gasteiger partial charge is 0.464 e. The fraction of sp³-hybridized carbons (Fsp3) is 0.214. The molecule has 0 saturated carbocycles. The van der Waals surface area contributed by atoms with Crippen molar-refractivity contribution >= 4 is 5.97 Å². The van der Waals surface area contributed by atoms with Crippen LogP contribution in [-0.2, 0) is 4.74 Å². The molecule has 120 valence electrons. The summed E-state index contributed by atoms with van der Waals surface area (Å²) in [4.78, 5) is 23.6. The van der Waals surface area contributed by atoms with Gasteiger partial charge in [0.1, 0.15) is 5.69 Å². The highest BCUT2D eigenvalue weighted by molar-refractivity contribution is 5.87. The van der Waals surface area contributed by atoms with E-state index in [-0.39, 0.29) is 22.7 Å². The second-order valence-corrected chi connectivity index (χ2v) is 4.70. The van der Waals surface area contributed by atoms with E-state index in [1.165, 1.54) is 31.3 Å². The molecule has 0 unspecified atom stereocenters. The summed E-state index contributed by atoms with van der Waals surface area (Å²) in [5, 5.41) is 3.85. The largest absolute Gasteiger partial charge is 0.586 e. The van der Waals surface area contributed by atoms with Crippen LogP contribution in [0.4, 0.5) is 8.78 Å². The number of aryl methyl sites for hydroxylation is 1. The second-order valence-electron chi connectivity index (χ2n) is 4.70. The molecule has 0 spiro atoms. The number of esters is 1. The fourth-order valence-electron chi connectivity index (χ4n) is 2.10. The number of rotatable bonds is 2. The molecule has 7 nitrogen and oxygen atoms in total. The van der Waals surface area contributed by atoms with Gasteiger partial charge in [-0.3, -0.25) is 4.79 Å². The third kappa shape index (κ3) is 2.50. The lowest BCUT2D eigenvalue weighted by Gasteiger charge is -2.11. The molecule has 1 aliphatic rings. The molecule has 0 radical (unpaired) electrons. The summed E-state index contributed by atoms with van der Waals surface area (Å²) in [5.41, 5.74) is -0.796. The maximum atomic E-state index is 13.2. The summed E-state index contributed by atoms with van der Waals surface area (Å²) in [7, 11) is 1.11. The Morgan fingerprint density at radius 3 is 2.78 bits per heavy atom. The monoisotopic (exact) mass is 324 g/mol. The number of carbonyl (C=O) groups is 1. The molecule has 0 atom stereocenters. The van der Waals surface area contributed by atoms with Gasteiger partial charge in [-0.1, -0.05) is 6.07 Å². The van der Waals surface area contributed by atoms with Crippen LogP contribution >= 0.6 is 0 Å². The third-order valence-corrected chi connectivity index (χ3v) is 3.13. The van der Waals surface area contributed by atoms with Crippen molar-refractivity contribution in [3.05, 3.63) is 45.9 Å². The zero-order valence-corrected chi connectivity index (χ0v) is 12.0. The second kappa shape index (κ2) is 5.04. The minimum absolute atomic E-state index is 0.0907. The standard InChI is InChI=1S/C14H10F2N2O5/c1-7-6-18(17-10(11(7)19)13(20)21-2)8-4-3-5-9-12(8)23-14(15,16)22-9/h3-6H,1-2H3. The minimum Gasteiger partial charge on any atom is -0.464 e. The molecule has 1 aromatic carbocycles. The van der Waals surface area contributed by atoms with Crippen molar-refractivity contribution in [1.29, 1.82) is 0 Å². The number of carbonyl (C=O) groups excluding carboxylic acids is 1. The first-order valence-corrected chi connectivity index (χ1v) is 6.40. The molecule has 0 saturated heterocycles. The van der Waals surface area contributed by atoms with E-state index in [4.69, 9.17) is 0 Å². The van der Waals surface area contributed by atoms with Crippen LogP contribution in [0.5, 0.6) is 11.5 Å². The predicted molar refractivity (Wildman–Crippen MR) is 72.1 cm³/mol. The molecular formula is C14H10F2N2O5. The summed E-state index contributed by atoms with van der Waals surface area (Å²) < 4.78 is 40.9. The molecule has 0 fully saturated rings. The van der Waals surface area contributed by atoms with E-state index >= 15 is 0 Å². The molecule has 0 bridgehead atoms. The van der Waals surface area contributed by atoms with Crippen molar-refractivity contribution < 1.29 is 27.8 Å². The van der Waals surface area contributed by atoms with Crippen molar-refractivity contribution in [2.45, 2.75) is 13.2 Å². The normalized spacial score (nSPS) is 14.6. The molecule has 2 aromatic rings. The van der Waals surface area contributed by atoms with Crippen molar-refractivity contribution in [2.24, 2.45) is 0 Å². The van der Waals surface area contributed by atoms with Crippen LogP contribution in [0.15, 0.2) is 29.2 Å². The summed E-state index contributed by atoms with van der Waals surface area (Å²) in [6, 6.07) is 4.18. The van der Waals surface area contributed by atoms with Crippen LogP contribution in [0.2, 0.25) is 0 Å². The molecule has 9 heteroatoms. The Balaban J connectivity index is 2.19. The molecule has 0 aliphatic carbocycles. The molecule has 0 N–H and O–H groups in total. The lowest BCUT2D eigenvalue weighted by atomic mass is 10.2. The molecule has 23 heavy (non-hydrogen) atoms. The topological polar surface area (TPSA) is 79.7 Å². The molecule has 1 aromatic heterocycles. The van der Waals surface area contributed by atoms with Gasteiger partial charge in [-0.05, 0) is 19.1 Å². The average molecular weight is 324 g/mol. The molecule has 1 aliphatic heterocycles. The van der Waals surface area contributed by atoms with Gasteiger partial charge in [-0.2, -0.15) is 5.10 Å². The van der Waals surface area contributed by atoms with Gasteiger partial charge in [0.2, 0.25) is 11.1 Å². The first kappa shape index (κ1) is 14.9. The number of alkyl halides is 2. The Labute approximate surface area is 128 Å². The minimum atomic E-state index is -3.79. The van der Waals surface area contributed by atoms with Gasteiger partial charge in [0.05, 0.1) is 7.11 Å². The number of hydrogen-bond donors (Lipinski definition) is 0. The van der Waals surface area contributed by atoms with Crippen molar-refractivity contribution in [3.8, 4) is 17.2 Å². The van der Waals surface area contributed by atoms with Gasteiger partial charge in [-0.15, -0.1) is 8.78 Å². The van der Waals surface area contributed by atoms with E-state index in [9.17, 15) is 18.4 Å². The van der Waals surface area contributed by atoms with Gasteiger partial charge in [0.15, 0.2) is 11.5 Å². The Hall–Kier alpha value is -2.97. The van der Waals surface area contributed by atoms with Crippen LogP contribution in [0.3, 0.4) is 0 Å². The van der Waals surface area contributed by atoms with E-state index < -0.39 is 23.4 Å². The summed E-state index contributed by atoms with van der Waals surface area (Å²) in [6.45, 7) is 1.46. The van der Waals surface area contributed by atoms with Crippen LogP contribution in [0.25, 0.3) is 5.69 Å². The summed E-state index contributed by atoms with van der Waals surface area (Å²) in [6.07, 6.45) is -2.50. The zero-order chi connectivity index (χ0) is 16.8. The lowest BCUT2D eigenvalue weighted by molar-refractivity contribution is -0.286. The van der Waals surface area contributed by atoms with E-state index in [1.807, 2.05) is 0 Å². The van der Waals surface area contributed by atoms with Crippen LogP contribution in [0.1, 0.15) is 16.1 Å². The Morgan fingerprint density at radius 2 is 2.09 bits per heavy atom. The predicted octanol–water partition coefficient (Wildman–Crippen LogP) is 1.65. The molecular weight excluding hydrogens is 314 g/mol. The Morgan fingerprint density at radius 1 is 1.35 bits per heavy atom. The molecule has 2 heterocycles. The highest BCUT2D eigenvalue weighted by Crippen LogP contribution is 2.44. The van der Waals surface area contributed by atoms with Gasteiger partial charge in [0, 0.05) is 11.8 Å². The van der Waals surface area contributed by atoms with Gasteiger partial charge in [0.25, 0.3) is 0 Å². The Kier molecular flexibility index (Phi) is 3.28. The Bertz CT molecular complexity index is 863. The number of aromatic nitrogens is 2. The first-order valence-electron chi connectivity index (χ1n) is 6.40. The summed E-state index contributed by atoms with van der Waals surface area (Å²) in [5.74, 6) is -1.35. The van der Waals surface area contributed by atoms with Crippen LogP contribution in [0, 0.1) is 6.92 Å². The van der Waals surface area contributed by atoms with Gasteiger partial charge >= 0.3 is 12.3 Å². The average Bonchev–Trinajstić information content (AvgIpc) is 2.82. The van der Waals surface area contributed by atoms with Gasteiger partial charge < -0.3 is 14.2 Å². The van der Waals surface area contributed by atoms with Gasteiger partial charge in [-0.25, -0.2) is 9.48 Å².